The number of carboxylic acid groups (broad SMARTS) is 1. The van der Waals surface area contributed by atoms with E-state index in [0.29, 0.717) is 4.90 Å². The summed E-state index contributed by atoms with van der Waals surface area (Å²) in [5.74, 6) is -2.62. The topological polar surface area (TPSA) is 74.7 Å². The van der Waals surface area contributed by atoms with Crippen LogP contribution in [0.4, 0.5) is 0 Å². The van der Waals surface area contributed by atoms with Crippen LogP contribution in [0.2, 0.25) is 5.02 Å². The lowest BCUT2D eigenvalue weighted by Crippen LogP contribution is -2.39. The van der Waals surface area contributed by atoms with Gasteiger partial charge in [0.15, 0.2) is 0 Å². The molecule has 5 nitrogen and oxygen atoms in total. The minimum Gasteiger partial charge on any atom is -0.480 e. The molecule has 0 saturated carbocycles. The third-order valence-electron chi connectivity index (χ3n) is 2.02. The van der Waals surface area contributed by atoms with Crippen LogP contribution in [0, 0.1) is 0 Å². The highest BCUT2D eigenvalue weighted by atomic mass is 35.5. The van der Waals surface area contributed by atoms with Crippen molar-refractivity contribution in [3.05, 3.63) is 34.9 Å². The molecule has 90 valence electrons. The van der Waals surface area contributed by atoms with E-state index in [-0.39, 0.29) is 10.6 Å². The summed E-state index contributed by atoms with van der Waals surface area (Å²) in [6.07, 6.45) is 0. The first-order valence-corrected chi connectivity index (χ1v) is 5.10. The molecule has 0 radical (unpaired) electrons. The Morgan fingerprint density at radius 2 is 1.88 bits per heavy atom. The molecule has 0 fully saturated rings. The quantitative estimate of drug-likeness (QED) is 0.886. The lowest BCUT2D eigenvalue weighted by molar-refractivity contribution is -0.142. The van der Waals surface area contributed by atoms with E-state index in [0.717, 1.165) is 6.92 Å². The lowest BCUT2D eigenvalue weighted by atomic mass is 10.2. The van der Waals surface area contributed by atoms with Gasteiger partial charge >= 0.3 is 5.97 Å². The highest BCUT2D eigenvalue weighted by Gasteiger charge is 2.23. The highest BCUT2D eigenvalue weighted by Crippen LogP contribution is 2.17. The molecule has 1 aromatic carbocycles. The predicted molar refractivity (Wildman–Crippen MR) is 60.8 cm³/mol. The summed E-state index contributed by atoms with van der Waals surface area (Å²) in [6.45, 7) is 0.442. The zero-order valence-electron chi connectivity index (χ0n) is 9.01. The molecule has 0 aliphatic heterocycles. The van der Waals surface area contributed by atoms with Gasteiger partial charge in [-0.1, -0.05) is 23.7 Å². The molecule has 0 aliphatic rings. The minimum absolute atomic E-state index is 0.102. The number of carbonyl (C=O) groups excluding carboxylic acids is 2. The van der Waals surface area contributed by atoms with E-state index in [4.69, 9.17) is 16.7 Å². The Bertz CT molecular complexity index is 472. The van der Waals surface area contributed by atoms with Crippen molar-refractivity contribution in [2.75, 3.05) is 6.54 Å². The van der Waals surface area contributed by atoms with Crippen LogP contribution in [0.3, 0.4) is 0 Å². The number of halogens is 1. The molecule has 1 aromatic rings. The second-order valence-electron chi connectivity index (χ2n) is 3.28. The first kappa shape index (κ1) is 13.2. The summed E-state index contributed by atoms with van der Waals surface area (Å²) in [5.41, 5.74) is 0.102. The number of rotatable bonds is 3. The number of imide groups is 1. The van der Waals surface area contributed by atoms with E-state index in [2.05, 4.69) is 0 Å². The number of aliphatic carboxylic acids is 1. The van der Waals surface area contributed by atoms with E-state index in [1.807, 2.05) is 0 Å². The molecule has 1 rings (SSSR count). The van der Waals surface area contributed by atoms with Crippen LogP contribution in [-0.4, -0.2) is 34.3 Å². The summed E-state index contributed by atoms with van der Waals surface area (Å²) < 4.78 is 0. The van der Waals surface area contributed by atoms with Gasteiger partial charge < -0.3 is 5.11 Å². The van der Waals surface area contributed by atoms with E-state index in [1.165, 1.54) is 12.1 Å². The maximum atomic E-state index is 11.9. The predicted octanol–water partition coefficient (Wildman–Crippen LogP) is 1.41. The zero-order valence-corrected chi connectivity index (χ0v) is 9.77. The van der Waals surface area contributed by atoms with E-state index in [9.17, 15) is 14.4 Å². The van der Waals surface area contributed by atoms with Gasteiger partial charge in [0.25, 0.3) is 5.91 Å². The zero-order chi connectivity index (χ0) is 13.0. The maximum Gasteiger partial charge on any atom is 0.323 e. The van der Waals surface area contributed by atoms with Gasteiger partial charge in [-0.3, -0.25) is 19.3 Å². The molecule has 2 amide bonds. The molecule has 0 unspecified atom stereocenters. The minimum atomic E-state index is -1.26. The van der Waals surface area contributed by atoms with Crippen molar-refractivity contribution in [3.8, 4) is 0 Å². The van der Waals surface area contributed by atoms with Gasteiger partial charge in [-0.15, -0.1) is 0 Å². The fourth-order valence-corrected chi connectivity index (χ4v) is 1.46. The van der Waals surface area contributed by atoms with Crippen molar-refractivity contribution in [3.63, 3.8) is 0 Å². The Labute approximate surface area is 103 Å². The maximum absolute atomic E-state index is 11.9. The first-order chi connectivity index (χ1) is 7.93. The van der Waals surface area contributed by atoms with E-state index >= 15 is 0 Å². The van der Waals surface area contributed by atoms with Gasteiger partial charge in [-0.25, -0.2) is 0 Å². The molecule has 1 N–H and O–H groups in total. The Kier molecular flexibility index (Phi) is 4.23. The van der Waals surface area contributed by atoms with Gasteiger partial charge in [-0.05, 0) is 12.1 Å². The molecule has 0 heterocycles. The average Bonchev–Trinajstić information content (AvgIpc) is 2.25. The molecular weight excluding hydrogens is 246 g/mol. The number of benzene rings is 1. The summed E-state index contributed by atoms with van der Waals surface area (Å²) in [4.78, 5) is 34.3. The number of nitrogens with zero attached hydrogens (tertiary/aromatic N) is 1. The first-order valence-electron chi connectivity index (χ1n) is 4.72. The Balaban J connectivity index is 3.04. The molecular formula is C11H10ClNO4. The molecule has 0 aliphatic carbocycles. The van der Waals surface area contributed by atoms with Gasteiger partial charge in [0.05, 0.1) is 10.6 Å². The molecule has 0 atom stereocenters. The van der Waals surface area contributed by atoms with Crippen LogP contribution in [0.1, 0.15) is 17.3 Å². The molecule has 0 bridgehead atoms. The van der Waals surface area contributed by atoms with E-state index in [1.54, 1.807) is 12.1 Å². The van der Waals surface area contributed by atoms with Crippen molar-refractivity contribution >= 4 is 29.4 Å². The third-order valence-corrected chi connectivity index (χ3v) is 2.35. The molecule has 0 spiro atoms. The van der Waals surface area contributed by atoms with Crippen LogP contribution in [-0.2, 0) is 9.59 Å². The number of hydrogen-bond donors (Lipinski definition) is 1. The summed E-state index contributed by atoms with van der Waals surface area (Å²) in [7, 11) is 0. The molecule has 6 heteroatoms. The largest absolute Gasteiger partial charge is 0.480 e. The van der Waals surface area contributed by atoms with Crippen LogP contribution in [0.15, 0.2) is 24.3 Å². The lowest BCUT2D eigenvalue weighted by Gasteiger charge is -2.17. The number of amides is 2. The standard InChI is InChI=1S/C11H10ClNO4/c1-7(14)13(6-10(15)16)11(17)8-4-2-3-5-9(8)12/h2-5H,6H2,1H3,(H,15,16). The van der Waals surface area contributed by atoms with Gasteiger partial charge in [0, 0.05) is 6.92 Å². The fraction of sp³-hybridized carbons (Fsp3) is 0.182. The second kappa shape index (κ2) is 5.45. The number of hydrogen-bond acceptors (Lipinski definition) is 3. The van der Waals surface area contributed by atoms with Gasteiger partial charge in [-0.2, -0.15) is 0 Å². The van der Waals surface area contributed by atoms with Crippen LogP contribution in [0.25, 0.3) is 0 Å². The average molecular weight is 256 g/mol. The normalized spacial score (nSPS) is 9.76. The monoisotopic (exact) mass is 255 g/mol. The Morgan fingerprint density at radius 3 is 2.35 bits per heavy atom. The molecule has 0 aromatic heterocycles. The summed E-state index contributed by atoms with van der Waals surface area (Å²) >= 11 is 5.80. The number of carbonyl (C=O) groups is 3. The van der Waals surface area contributed by atoms with Crippen LogP contribution >= 0.6 is 11.6 Å². The van der Waals surface area contributed by atoms with Crippen molar-refractivity contribution in [1.82, 2.24) is 4.90 Å². The van der Waals surface area contributed by atoms with Crippen molar-refractivity contribution in [1.29, 1.82) is 0 Å². The second-order valence-corrected chi connectivity index (χ2v) is 3.69. The Morgan fingerprint density at radius 1 is 1.29 bits per heavy atom. The van der Waals surface area contributed by atoms with Crippen LogP contribution in [0.5, 0.6) is 0 Å². The van der Waals surface area contributed by atoms with Gasteiger partial charge in [0.1, 0.15) is 6.54 Å². The number of carboxylic acids is 1. The molecule has 0 saturated heterocycles. The fourth-order valence-electron chi connectivity index (χ4n) is 1.24. The van der Waals surface area contributed by atoms with Gasteiger partial charge in [0.2, 0.25) is 5.91 Å². The van der Waals surface area contributed by atoms with Crippen LogP contribution < -0.4 is 0 Å². The molecule has 17 heavy (non-hydrogen) atoms. The SMILES string of the molecule is CC(=O)N(CC(=O)O)C(=O)c1ccccc1Cl. The summed E-state index contributed by atoms with van der Waals surface area (Å²) in [6, 6.07) is 6.14. The third kappa shape index (κ3) is 3.29. The highest BCUT2D eigenvalue weighted by molar-refractivity contribution is 6.34. The van der Waals surface area contributed by atoms with Crippen molar-refractivity contribution in [2.45, 2.75) is 6.92 Å². The van der Waals surface area contributed by atoms with Crippen molar-refractivity contribution in [2.24, 2.45) is 0 Å². The Hall–Kier alpha value is -1.88. The smallest absolute Gasteiger partial charge is 0.323 e. The summed E-state index contributed by atoms with van der Waals surface area (Å²) in [5, 5.41) is 8.79. The van der Waals surface area contributed by atoms with Crippen molar-refractivity contribution < 1.29 is 19.5 Å². The van der Waals surface area contributed by atoms with E-state index < -0.39 is 24.3 Å².